The summed E-state index contributed by atoms with van der Waals surface area (Å²) >= 11 is 0. The molecular formula is C13H15FN2O2S. The molecule has 1 aliphatic carbocycles. The molecule has 6 heteroatoms. The topological polar surface area (TPSA) is 49.7 Å². The van der Waals surface area contributed by atoms with Crippen molar-refractivity contribution < 1.29 is 12.8 Å². The van der Waals surface area contributed by atoms with Gasteiger partial charge in [0.2, 0.25) is 0 Å². The fourth-order valence-electron chi connectivity index (χ4n) is 2.51. The second-order valence-corrected chi connectivity index (χ2v) is 6.81. The summed E-state index contributed by atoms with van der Waals surface area (Å²) in [5.74, 6) is -0.255. The predicted molar refractivity (Wildman–Crippen MR) is 70.1 cm³/mol. The smallest absolute Gasteiger partial charge is 0.285 e. The van der Waals surface area contributed by atoms with Crippen LogP contribution in [0.3, 0.4) is 0 Å². The minimum Gasteiger partial charge on any atom is -0.350 e. The van der Waals surface area contributed by atoms with Crippen molar-refractivity contribution in [2.75, 3.05) is 0 Å². The average Bonchev–Trinajstić information content (AvgIpc) is 3.07. The highest BCUT2D eigenvalue weighted by atomic mass is 32.2. The van der Waals surface area contributed by atoms with Gasteiger partial charge in [0.1, 0.15) is 10.7 Å². The van der Waals surface area contributed by atoms with Gasteiger partial charge in [-0.1, -0.05) is 6.07 Å². The van der Waals surface area contributed by atoms with Crippen LogP contribution >= 0.6 is 0 Å². The standard InChI is InChI=1S/C13H15FN2O2S/c1-8(2)16(9-6-7-9)13-12-10(14)4-3-5-11(12)19(17,18)15-13/h3-5,8-9H,6-7H2,1-2H3. The van der Waals surface area contributed by atoms with E-state index in [0.717, 1.165) is 12.8 Å². The van der Waals surface area contributed by atoms with Crippen LogP contribution in [0.1, 0.15) is 32.3 Å². The molecule has 102 valence electrons. The van der Waals surface area contributed by atoms with Gasteiger partial charge in [-0.3, -0.25) is 0 Å². The largest absolute Gasteiger partial charge is 0.350 e. The van der Waals surface area contributed by atoms with Gasteiger partial charge in [0.25, 0.3) is 10.0 Å². The number of hydrogen-bond acceptors (Lipinski definition) is 3. The molecule has 1 aliphatic heterocycles. The van der Waals surface area contributed by atoms with E-state index in [1.807, 2.05) is 18.7 Å². The van der Waals surface area contributed by atoms with E-state index in [9.17, 15) is 12.8 Å². The van der Waals surface area contributed by atoms with Crippen LogP contribution in [-0.4, -0.2) is 31.2 Å². The van der Waals surface area contributed by atoms with E-state index in [0.29, 0.717) is 0 Å². The van der Waals surface area contributed by atoms with E-state index in [1.165, 1.54) is 18.2 Å². The van der Waals surface area contributed by atoms with Crippen molar-refractivity contribution in [1.29, 1.82) is 0 Å². The van der Waals surface area contributed by atoms with Gasteiger partial charge < -0.3 is 4.90 Å². The fourth-order valence-corrected chi connectivity index (χ4v) is 3.72. The Morgan fingerprint density at radius 3 is 2.63 bits per heavy atom. The lowest BCUT2D eigenvalue weighted by atomic mass is 10.1. The molecule has 3 rings (SSSR count). The first-order valence-electron chi connectivity index (χ1n) is 6.34. The predicted octanol–water partition coefficient (Wildman–Crippen LogP) is 2.15. The summed E-state index contributed by atoms with van der Waals surface area (Å²) in [5, 5.41) is 0. The molecule has 1 heterocycles. The number of fused-ring (bicyclic) bond motifs is 1. The zero-order valence-electron chi connectivity index (χ0n) is 10.8. The van der Waals surface area contributed by atoms with Gasteiger partial charge >= 0.3 is 0 Å². The maximum absolute atomic E-state index is 14.0. The molecule has 19 heavy (non-hydrogen) atoms. The van der Waals surface area contributed by atoms with Crippen LogP contribution in [0.5, 0.6) is 0 Å². The second-order valence-electron chi connectivity index (χ2n) is 5.24. The quantitative estimate of drug-likeness (QED) is 0.835. The van der Waals surface area contributed by atoms with Gasteiger partial charge in [-0.2, -0.15) is 8.42 Å². The maximum Gasteiger partial charge on any atom is 0.285 e. The van der Waals surface area contributed by atoms with E-state index in [4.69, 9.17) is 0 Å². The normalized spacial score (nSPS) is 20.3. The van der Waals surface area contributed by atoms with E-state index in [2.05, 4.69) is 4.40 Å². The van der Waals surface area contributed by atoms with Crippen LogP contribution in [0.25, 0.3) is 0 Å². The van der Waals surface area contributed by atoms with Crippen molar-refractivity contribution in [3.8, 4) is 0 Å². The minimum absolute atomic E-state index is 0.0196. The monoisotopic (exact) mass is 282 g/mol. The Hall–Kier alpha value is -1.43. The SMILES string of the molecule is CC(C)N(C1=NS(=O)(=O)c2cccc(F)c21)C1CC1. The Labute approximate surface area is 112 Å². The lowest BCUT2D eigenvalue weighted by Gasteiger charge is -2.28. The third kappa shape index (κ3) is 1.94. The van der Waals surface area contributed by atoms with Crippen molar-refractivity contribution in [1.82, 2.24) is 4.90 Å². The molecule has 0 N–H and O–H groups in total. The summed E-state index contributed by atoms with van der Waals surface area (Å²) in [4.78, 5) is 1.90. The third-order valence-electron chi connectivity index (χ3n) is 3.42. The van der Waals surface area contributed by atoms with Gasteiger partial charge in [0.15, 0.2) is 5.84 Å². The number of hydrogen-bond donors (Lipinski definition) is 0. The molecule has 0 saturated heterocycles. The minimum atomic E-state index is -3.76. The summed E-state index contributed by atoms with van der Waals surface area (Å²) in [6.07, 6.45) is 2.00. The molecule has 0 bridgehead atoms. The summed E-state index contributed by atoms with van der Waals surface area (Å²) in [7, 11) is -3.76. The number of benzene rings is 1. The molecule has 1 fully saturated rings. The van der Waals surface area contributed by atoms with E-state index < -0.39 is 15.8 Å². The van der Waals surface area contributed by atoms with Crippen LogP contribution < -0.4 is 0 Å². The molecule has 0 amide bonds. The number of sulfonamides is 1. The summed E-state index contributed by atoms with van der Waals surface area (Å²) in [6.45, 7) is 3.93. The summed E-state index contributed by atoms with van der Waals surface area (Å²) in [6, 6.07) is 4.46. The van der Waals surface area contributed by atoms with Crippen molar-refractivity contribution in [2.24, 2.45) is 4.40 Å². The van der Waals surface area contributed by atoms with E-state index in [1.54, 1.807) is 0 Å². The van der Waals surface area contributed by atoms with Crippen LogP contribution in [0.2, 0.25) is 0 Å². The van der Waals surface area contributed by atoms with Crippen LogP contribution in [0.15, 0.2) is 27.5 Å². The Balaban J connectivity index is 2.19. The molecule has 1 aromatic rings. The van der Waals surface area contributed by atoms with Gasteiger partial charge in [-0.05, 0) is 38.8 Å². The van der Waals surface area contributed by atoms with E-state index >= 15 is 0 Å². The molecule has 4 nitrogen and oxygen atoms in total. The highest BCUT2D eigenvalue weighted by Gasteiger charge is 2.40. The molecule has 0 unspecified atom stereocenters. The molecular weight excluding hydrogens is 267 g/mol. The lowest BCUT2D eigenvalue weighted by molar-refractivity contribution is 0.340. The van der Waals surface area contributed by atoms with Crippen LogP contribution in [-0.2, 0) is 10.0 Å². The Kier molecular flexibility index (Phi) is 2.67. The van der Waals surface area contributed by atoms with Gasteiger partial charge in [0.05, 0.1) is 5.56 Å². The van der Waals surface area contributed by atoms with Crippen LogP contribution in [0.4, 0.5) is 4.39 Å². The van der Waals surface area contributed by atoms with Crippen molar-refractivity contribution in [3.05, 3.63) is 29.6 Å². The fraction of sp³-hybridized carbons (Fsp3) is 0.462. The van der Waals surface area contributed by atoms with E-state index in [-0.39, 0.29) is 28.4 Å². The third-order valence-corrected chi connectivity index (χ3v) is 4.73. The van der Waals surface area contributed by atoms with Crippen molar-refractivity contribution in [3.63, 3.8) is 0 Å². The maximum atomic E-state index is 14.0. The number of halogens is 1. The summed E-state index contributed by atoms with van der Waals surface area (Å²) < 4.78 is 41.8. The highest BCUT2D eigenvalue weighted by molar-refractivity contribution is 7.90. The zero-order chi connectivity index (χ0) is 13.8. The average molecular weight is 282 g/mol. The van der Waals surface area contributed by atoms with Crippen LogP contribution in [0, 0.1) is 5.82 Å². The summed E-state index contributed by atoms with van der Waals surface area (Å²) in [5.41, 5.74) is 0.128. The first-order valence-corrected chi connectivity index (χ1v) is 7.78. The van der Waals surface area contributed by atoms with Gasteiger partial charge in [0, 0.05) is 12.1 Å². The number of rotatable bonds is 2. The highest BCUT2D eigenvalue weighted by Crippen LogP contribution is 2.36. The first-order chi connectivity index (χ1) is 8.92. The molecule has 1 aromatic carbocycles. The zero-order valence-corrected chi connectivity index (χ0v) is 11.6. The van der Waals surface area contributed by atoms with Crippen molar-refractivity contribution in [2.45, 2.75) is 43.7 Å². The molecule has 0 atom stereocenters. The van der Waals surface area contributed by atoms with Crippen molar-refractivity contribution >= 4 is 15.9 Å². The molecule has 2 aliphatic rings. The Morgan fingerprint density at radius 2 is 2.05 bits per heavy atom. The number of nitrogens with zero attached hydrogens (tertiary/aromatic N) is 2. The molecule has 0 aromatic heterocycles. The van der Waals surface area contributed by atoms with Gasteiger partial charge in [-0.25, -0.2) is 4.39 Å². The van der Waals surface area contributed by atoms with Gasteiger partial charge in [-0.15, -0.1) is 4.40 Å². The lowest BCUT2D eigenvalue weighted by Crippen LogP contribution is -2.39. The number of amidine groups is 1. The Bertz CT molecular complexity index is 661. The molecule has 0 radical (unpaired) electrons. The Morgan fingerprint density at radius 1 is 1.37 bits per heavy atom. The molecule has 0 spiro atoms. The molecule has 1 saturated carbocycles. The first kappa shape index (κ1) is 12.6. The second kappa shape index (κ2) is 4.03.